The molecule has 1 fully saturated rings. The minimum Gasteiger partial charge on any atom is -0.442 e. The predicted molar refractivity (Wildman–Crippen MR) is 56.6 cm³/mol. The van der Waals surface area contributed by atoms with E-state index < -0.39 is 17.8 Å². The Balaban J connectivity index is 2.50. The Morgan fingerprint density at radius 2 is 2.07 bits per heavy atom. The third-order valence-corrected chi connectivity index (χ3v) is 1.99. The van der Waals surface area contributed by atoms with Crippen LogP contribution in [0.2, 0.25) is 0 Å². The zero-order valence-electron chi connectivity index (χ0n) is 9.36. The number of carbonyl (C=O) groups is 1. The van der Waals surface area contributed by atoms with Gasteiger partial charge in [-0.25, -0.2) is 4.79 Å². The lowest BCUT2D eigenvalue weighted by molar-refractivity contribution is 0.0600. The summed E-state index contributed by atoms with van der Waals surface area (Å²) in [4.78, 5) is 14.7. The molecule has 0 aromatic rings. The Kier molecular flexibility index (Phi) is 3.34. The van der Waals surface area contributed by atoms with Crippen molar-refractivity contribution < 1.29 is 14.6 Å². The zero-order chi connectivity index (χ0) is 11.6. The van der Waals surface area contributed by atoms with Crippen molar-refractivity contribution in [1.82, 2.24) is 0 Å². The molecule has 0 saturated heterocycles. The van der Waals surface area contributed by atoms with Crippen LogP contribution in [0.15, 0.2) is 4.99 Å². The minimum absolute atomic E-state index is 0.0493. The fraction of sp³-hybridized carbons (Fsp3) is 0.800. The van der Waals surface area contributed by atoms with Gasteiger partial charge in [0.05, 0.1) is 0 Å². The summed E-state index contributed by atoms with van der Waals surface area (Å²) in [6.45, 7) is 5.23. The second-order valence-electron chi connectivity index (χ2n) is 4.80. The summed E-state index contributed by atoms with van der Waals surface area (Å²) < 4.78 is 4.94. The molecule has 0 spiro atoms. The number of nitrogens with two attached hydrogens (primary N) is 1. The lowest BCUT2D eigenvalue weighted by Crippen LogP contribution is -2.32. The van der Waals surface area contributed by atoms with Crippen molar-refractivity contribution >= 4 is 11.9 Å². The molecule has 0 aliphatic heterocycles. The Labute approximate surface area is 89.3 Å². The number of nitrogens with zero attached hydrogens (tertiary/aromatic N) is 1. The molecule has 0 bridgehead atoms. The van der Waals surface area contributed by atoms with Gasteiger partial charge in [-0.3, -0.25) is 0 Å². The van der Waals surface area contributed by atoms with Gasteiger partial charge in [-0.05, 0) is 39.5 Å². The van der Waals surface area contributed by atoms with Crippen molar-refractivity contribution in [2.75, 3.05) is 0 Å². The first-order valence-corrected chi connectivity index (χ1v) is 5.04. The molecular weight excluding hydrogens is 196 g/mol. The average molecular weight is 214 g/mol. The van der Waals surface area contributed by atoms with Crippen LogP contribution < -0.4 is 5.73 Å². The quantitative estimate of drug-likeness (QED) is 0.531. The van der Waals surface area contributed by atoms with Gasteiger partial charge in [-0.15, -0.1) is 0 Å². The van der Waals surface area contributed by atoms with Crippen LogP contribution in [0.5, 0.6) is 0 Å². The van der Waals surface area contributed by atoms with Crippen LogP contribution in [0.4, 0.5) is 4.79 Å². The van der Waals surface area contributed by atoms with E-state index in [0.29, 0.717) is 0 Å². The smallest absolute Gasteiger partial charge is 0.435 e. The summed E-state index contributed by atoms with van der Waals surface area (Å²) in [5, 5.41) is 9.54. The summed E-state index contributed by atoms with van der Waals surface area (Å²) in [5.74, 6) is 0.114. The summed E-state index contributed by atoms with van der Waals surface area (Å²) in [6.07, 6.45) is 0.314. The van der Waals surface area contributed by atoms with Gasteiger partial charge in [0.15, 0.2) is 0 Å². The summed E-state index contributed by atoms with van der Waals surface area (Å²) in [5.41, 5.74) is 4.89. The first-order valence-electron chi connectivity index (χ1n) is 5.04. The second kappa shape index (κ2) is 4.18. The summed E-state index contributed by atoms with van der Waals surface area (Å²) in [7, 11) is 0. The number of aliphatic hydroxyl groups is 1. The highest BCUT2D eigenvalue weighted by Gasteiger charge is 2.32. The summed E-state index contributed by atoms with van der Waals surface area (Å²) in [6, 6.07) is 0. The first-order chi connectivity index (χ1) is 6.79. The third kappa shape index (κ3) is 4.29. The monoisotopic (exact) mass is 214 g/mol. The topological polar surface area (TPSA) is 84.9 Å². The number of carbonyl (C=O) groups excluding carboxylic acids is 1. The fourth-order valence-corrected chi connectivity index (χ4v) is 1.11. The molecule has 1 atom stereocenters. The number of hydrogen-bond donors (Lipinski definition) is 2. The molecule has 5 heteroatoms. The number of rotatable bonds is 2. The average Bonchev–Trinajstić information content (AvgIpc) is 2.80. The van der Waals surface area contributed by atoms with Gasteiger partial charge in [0.2, 0.25) is 0 Å². The van der Waals surface area contributed by atoms with Crippen molar-refractivity contribution in [2.45, 2.75) is 45.3 Å². The Morgan fingerprint density at radius 1 is 1.53 bits per heavy atom. The van der Waals surface area contributed by atoms with Crippen LogP contribution in [0.3, 0.4) is 0 Å². The molecule has 5 nitrogen and oxygen atoms in total. The van der Waals surface area contributed by atoms with E-state index in [0.717, 1.165) is 12.8 Å². The van der Waals surface area contributed by atoms with Crippen LogP contribution >= 0.6 is 0 Å². The molecular formula is C10H18N2O3. The molecule has 1 saturated carbocycles. The van der Waals surface area contributed by atoms with E-state index in [1.54, 1.807) is 20.8 Å². The molecule has 0 radical (unpaired) electrons. The number of amides is 1. The van der Waals surface area contributed by atoms with Gasteiger partial charge in [0.1, 0.15) is 17.5 Å². The number of aliphatic imine (C=N–C) groups is 1. The molecule has 1 aliphatic rings. The van der Waals surface area contributed by atoms with Gasteiger partial charge < -0.3 is 15.6 Å². The van der Waals surface area contributed by atoms with E-state index in [4.69, 9.17) is 10.5 Å². The molecule has 1 rings (SSSR count). The van der Waals surface area contributed by atoms with E-state index >= 15 is 0 Å². The minimum atomic E-state index is -0.808. The maximum absolute atomic E-state index is 11.2. The highest BCUT2D eigenvalue weighted by molar-refractivity contribution is 5.93. The van der Waals surface area contributed by atoms with Crippen molar-refractivity contribution in [1.29, 1.82) is 0 Å². The molecule has 1 aliphatic carbocycles. The Bertz CT molecular complexity index is 277. The number of aliphatic hydroxyl groups excluding tert-OH is 1. The molecule has 86 valence electrons. The number of amidine groups is 1. The Morgan fingerprint density at radius 3 is 2.47 bits per heavy atom. The largest absolute Gasteiger partial charge is 0.442 e. The van der Waals surface area contributed by atoms with E-state index in [1.807, 2.05) is 0 Å². The number of hydrogen-bond acceptors (Lipinski definition) is 3. The van der Waals surface area contributed by atoms with Crippen LogP contribution in [0, 0.1) is 5.92 Å². The van der Waals surface area contributed by atoms with Crippen LogP contribution in [-0.4, -0.2) is 28.7 Å². The van der Waals surface area contributed by atoms with Crippen molar-refractivity contribution in [3.05, 3.63) is 0 Å². The zero-order valence-corrected chi connectivity index (χ0v) is 9.36. The van der Waals surface area contributed by atoms with Crippen LogP contribution in [0.1, 0.15) is 33.6 Å². The SMILES string of the molecule is CC(C)(C)OC(=O)N=C(N)C(O)C1CC1. The second-order valence-corrected chi connectivity index (χ2v) is 4.80. The van der Waals surface area contributed by atoms with E-state index in [1.165, 1.54) is 0 Å². The molecule has 0 aromatic carbocycles. The molecule has 0 aromatic heterocycles. The third-order valence-electron chi connectivity index (χ3n) is 1.99. The molecule has 0 heterocycles. The maximum atomic E-state index is 11.2. The van der Waals surface area contributed by atoms with Gasteiger partial charge in [0.25, 0.3) is 0 Å². The predicted octanol–water partition coefficient (Wildman–Crippen LogP) is 1.05. The normalized spacial score (nSPS) is 19.9. The number of ether oxygens (including phenoxy) is 1. The standard InChI is InChI=1S/C10H18N2O3/c1-10(2,3)15-9(14)12-8(11)7(13)6-4-5-6/h6-7,13H,4-5H2,1-3H3,(H2,11,12,14). The molecule has 15 heavy (non-hydrogen) atoms. The summed E-state index contributed by atoms with van der Waals surface area (Å²) >= 11 is 0. The van der Waals surface area contributed by atoms with E-state index in [9.17, 15) is 9.90 Å². The fourth-order valence-electron chi connectivity index (χ4n) is 1.11. The van der Waals surface area contributed by atoms with Crippen LogP contribution in [0.25, 0.3) is 0 Å². The van der Waals surface area contributed by atoms with E-state index in [-0.39, 0.29) is 11.8 Å². The molecule has 3 N–H and O–H groups in total. The van der Waals surface area contributed by atoms with Gasteiger partial charge >= 0.3 is 6.09 Å². The van der Waals surface area contributed by atoms with Crippen molar-refractivity contribution in [2.24, 2.45) is 16.6 Å². The van der Waals surface area contributed by atoms with Gasteiger partial charge in [0, 0.05) is 0 Å². The van der Waals surface area contributed by atoms with Crippen molar-refractivity contribution in [3.63, 3.8) is 0 Å². The van der Waals surface area contributed by atoms with E-state index in [2.05, 4.69) is 4.99 Å². The molecule has 1 unspecified atom stereocenters. The van der Waals surface area contributed by atoms with Crippen LogP contribution in [-0.2, 0) is 4.74 Å². The lowest BCUT2D eigenvalue weighted by atomic mass is 10.2. The maximum Gasteiger partial charge on any atom is 0.435 e. The van der Waals surface area contributed by atoms with Crippen molar-refractivity contribution in [3.8, 4) is 0 Å². The highest BCUT2D eigenvalue weighted by Crippen LogP contribution is 2.32. The van der Waals surface area contributed by atoms with Gasteiger partial charge in [-0.1, -0.05) is 0 Å². The molecule has 1 amide bonds. The van der Waals surface area contributed by atoms with Gasteiger partial charge in [-0.2, -0.15) is 4.99 Å². The first kappa shape index (κ1) is 12.0. The Hall–Kier alpha value is -1.10. The lowest BCUT2D eigenvalue weighted by Gasteiger charge is -2.17. The highest BCUT2D eigenvalue weighted by atomic mass is 16.6.